The van der Waals surface area contributed by atoms with Gasteiger partial charge in [0.05, 0.1) is 6.61 Å². The SMILES string of the molecule is COCCNC(=O)C(C)Oc1ccc(F)cc1[C@@H](C)N. The van der Waals surface area contributed by atoms with Crippen LogP contribution in [0.25, 0.3) is 0 Å². The Bertz CT molecular complexity index is 452. The standard InChI is InChI=1S/C14H21FN2O3/c1-9(16)12-8-11(15)4-5-13(12)20-10(2)14(18)17-6-7-19-3/h4-5,8-10H,6-7,16H2,1-3H3,(H,17,18)/t9-,10?/m1/s1. The molecule has 2 atom stereocenters. The van der Waals surface area contributed by atoms with Gasteiger partial charge in [-0.15, -0.1) is 0 Å². The average Bonchev–Trinajstić information content (AvgIpc) is 2.40. The summed E-state index contributed by atoms with van der Waals surface area (Å²) in [6.07, 6.45) is -0.699. The van der Waals surface area contributed by atoms with Crippen molar-refractivity contribution in [3.8, 4) is 5.75 Å². The number of ether oxygens (including phenoxy) is 2. The van der Waals surface area contributed by atoms with Crippen LogP contribution in [0.2, 0.25) is 0 Å². The van der Waals surface area contributed by atoms with Crippen LogP contribution in [0.1, 0.15) is 25.5 Å². The smallest absolute Gasteiger partial charge is 0.260 e. The molecule has 0 aliphatic heterocycles. The molecule has 1 aromatic carbocycles. The predicted molar refractivity (Wildman–Crippen MR) is 74.0 cm³/mol. The van der Waals surface area contributed by atoms with Gasteiger partial charge in [0, 0.05) is 25.3 Å². The average molecular weight is 284 g/mol. The molecule has 0 fully saturated rings. The second kappa shape index (κ2) is 7.81. The highest BCUT2D eigenvalue weighted by molar-refractivity contribution is 5.80. The van der Waals surface area contributed by atoms with Crippen LogP contribution in [0.3, 0.4) is 0 Å². The topological polar surface area (TPSA) is 73.6 Å². The third kappa shape index (κ3) is 4.79. The van der Waals surface area contributed by atoms with E-state index in [1.807, 2.05) is 0 Å². The molecule has 0 spiro atoms. The summed E-state index contributed by atoms with van der Waals surface area (Å²) in [5.74, 6) is -0.236. The van der Waals surface area contributed by atoms with Crippen molar-refractivity contribution in [2.24, 2.45) is 5.73 Å². The predicted octanol–water partition coefficient (Wildman–Crippen LogP) is 1.38. The van der Waals surface area contributed by atoms with Crippen LogP contribution in [0.15, 0.2) is 18.2 Å². The first-order valence-corrected chi connectivity index (χ1v) is 6.44. The summed E-state index contributed by atoms with van der Waals surface area (Å²) >= 11 is 0. The van der Waals surface area contributed by atoms with Crippen molar-refractivity contribution in [1.29, 1.82) is 0 Å². The van der Waals surface area contributed by atoms with Crippen molar-refractivity contribution >= 4 is 5.91 Å². The fraction of sp³-hybridized carbons (Fsp3) is 0.500. The maximum atomic E-state index is 13.2. The minimum Gasteiger partial charge on any atom is -0.481 e. The number of nitrogens with one attached hydrogen (secondary N) is 1. The quantitative estimate of drug-likeness (QED) is 0.742. The number of methoxy groups -OCH3 is 1. The Morgan fingerprint density at radius 2 is 2.15 bits per heavy atom. The zero-order valence-electron chi connectivity index (χ0n) is 12.0. The van der Waals surface area contributed by atoms with Crippen LogP contribution in [0.4, 0.5) is 4.39 Å². The molecule has 3 N–H and O–H groups in total. The Morgan fingerprint density at radius 3 is 2.75 bits per heavy atom. The van der Waals surface area contributed by atoms with Crippen LogP contribution in [-0.2, 0) is 9.53 Å². The number of carbonyl (C=O) groups excluding carboxylic acids is 1. The minimum atomic E-state index is -0.699. The zero-order chi connectivity index (χ0) is 15.1. The number of benzene rings is 1. The molecule has 0 aliphatic carbocycles. The molecule has 112 valence electrons. The molecule has 1 amide bonds. The van der Waals surface area contributed by atoms with E-state index in [0.717, 1.165) is 0 Å². The van der Waals surface area contributed by atoms with Gasteiger partial charge in [0.25, 0.3) is 5.91 Å². The van der Waals surface area contributed by atoms with Gasteiger partial charge in [-0.25, -0.2) is 4.39 Å². The van der Waals surface area contributed by atoms with Gasteiger partial charge in [-0.05, 0) is 32.0 Å². The summed E-state index contributed by atoms with van der Waals surface area (Å²) in [7, 11) is 1.56. The van der Waals surface area contributed by atoms with Crippen molar-refractivity contribution in [1.82, 2.24) is 5.32 Å². The largest absolute Gasteiger partial charge is 0.481 e. The van der Waals surface area contributed by atoms with E-state index in [1.54, 1.807) is 21.0 Å². The lowest BCUT2D eigenvalue weighted by Crippen LogP contribution is -2.38. The highest BCUT2D eigenvalue weighted by Gasteiger charge is 2.17. The molecule has 0 aromatic heterocycles. The summed E-state index contributed by atoms with van der Waals surface area (Å²) in [6.45, 7) is 4.19. The third-order valence-corrected chi connectivity index (χ3v) is 2.74. The first kappa shape index (κ1) is 16.4. The van der Waals surface area contributed by atoms with E-state index in [0.29, 0.717) is 24.5 Å². The Labute approximate surface area is 118 Å². The van der Waals surface area contributed by atoms with Crippen molar-refractivity contribution in [3.63, 3.8) is 0 Å². The summed E-state index contributed by atoms with van der Waals surface area (Å²) in [6, 6.07) is 3.68. The van der Waals surface area contributed by atoms with Gasteiger partial charge in [0.2, 0.25) is 0 Å². The molecular weight excluding hydrogens is 263 g/mol. The second-order valence-electron chi connectivity index (χ2n) is 4.51. The lowest BCUT2D eigenvalue weighted by atomic mass is 10.1. The molecule has 20 heavy (non-hydrogen) atoms. The molecule has 0 bridgehead atoms. The van der Waals surface area contributed by atoms with Crippen LogP contribution >= 0.6 is 0 Å². The van der Waals surface area contributed by atoms with Gasteiger partial charge >= 0.3 is 0 Å². The Balaban J connectivity index is 2.70. The van der Waals surface area contributed by atoms with Gasteiger partial charge in [0.15, 0.2) is 6.10 Å². The molecule has 0 saturated carbocycles. The molecule has 0 saturated heterocycles. The molecule has 1 rings (SSSR count). The number of hydrogen-bond acceptors (Lipinski definition) is 4. The summed E-state index contributed by atoms with van der Waals surface area (Å²) in [5, 5.41) is 2.67. The molecular formula is C14H21FN2O3. The minimum absolute atomic E-state index is 0.262. The van der Waals surface area contributed by atoms with E-state index in [1.165, 1.54) is 18.2 Å². The Hall–Kier alpha value is -1.66. The van der Waals surface area contributed by atoms with E-state index < -0.39 is 6.10 Å². The fourth-order valence-corrected chi connectivity index (χ4v) is 1.65. The maximum absolute atomic E-state index is 13.2. The van der Waals surface area contributed by atoms with E-state index in [-0.39, 0.29) is 17.8 Å². The first-order valence-electron chi connectivity index (χ1n) is 6.44. The molecule has 0 radical (unpaired) electrons. The van der Waals surface area contributed by atoms with E-state index >= 15 is 0 Å². The number of halogens is 1. The molecule has 1 aromatic rings. The molecule has 6 heteroatoms. The third-order valence-electron chi connectivity index (χ3n) is 2.74. The van der Waals surface area contributed by atoms with Gasteiger partial charge in [-0.3, -0.25) is 4.79 Å². The summed E-state index contributed by atoms with van der Waals surface area (Å²) in [5.41, 5.74) is 6.30. The Kier molecular flexibility index (Phi) is 6.41. The van der Waals surface area contributed by atoms with Gasteiger partial charge in [-0.2, -0.15) is 0 Å². The molecule has 0 heterocycles. The molecule has 1 unspecified atom stereocenters. The monoisotopic (exact) mass is 284 g/mol. The molecule has 0 aliphatic rings. The number of amides is 1. The number of nitrogens with two attached hydrogens (primary N) is 1. The van der Waals surface area contributed by atoms with Gasteiger partial charge < -0.3 is 20.5 Å². The fourth-order valence-electron chi connectivity index (χ4n) is 1.65. The van der Waals surface area contributed by atoms with E-state index in [2.05, 4.69) is 5.32 Å². The van der Waals surface area contributed by atoms with Crippen molar-refractivity contribution < 1.29 is 18.7 Å². The van der Waals surface area contributed by atoms with Crippen molar-refractivity contribution in [2.75, 3.05) is 20.3 Å². The normalized spacial score (nSPS) is 13.7. The maximum Gasteiger partial charge on any atom is 0.260 e. The molecule has 5 nitrogen and oxygen atoms in total. The van der Waals surface area contributed by atoms with Crippen LogP contribution in [-0.4, -0.2) is 32.3 Å². The van der Waals surface area contributed by atoms with E-state index in [9.17, 15) is 9.18 Å². The lowest BCUT2D eigenvalue weighted by molar-refractivity contribution is -0.127. The summed E-state index contributed by atoms with van der Waals surface area (Å²) in [4.78, 5) is 11.8. The van der Waals surface area contributed by atoms with Gasteiger partial charge in [0.1, 0.15) is 11.6 Å². The second-order valence-corrected chi connectivity index (χ2v) is 4.51. The van der Waals surface area contributed by atoms with Gasteiger partial charge in [-0.1, -0.05) is 0 Å². The van der Waals surface area contributed by atoms with Crippen LogP contribution in [0, 0.1) is 5.82 Å². The van der Waals surface area contributed by atoms with Crippen molar-refractivity contribution in [2.45, 2.75) is 26.0 Å². The zero-order valence-corrected chi connectivity index (χ0v) is 12.0. The number of hydrogen-bond donors (Lipinski definition) is 2. The highest BCUT2D eigenvalue weighted by Crippen LogP contribution is 2.25. The van der Waals surface area contributed by atoms with E-state index in [4.69, 9.17) is 15.2 Å². The van der Waals surface area contributed by atoms with Crippen molar-refractivity contribution in [3.05, 3.63) is 29.6 Å². The first-order chi connectivity index (χ1) is 9.45. The Morgan fingerprint density at radius 1 is 1.45 bits per heavy atom. The highest BCUT2D eigenvalue weighted by atomic mass is 19.1. The number of rotatable bonds is 7. The van der Waals surface area contributed by atoms with Crippen LogP contribution in [0.5, 0.6) is 5.75 Å². The number of carbonyl (C=O) groups is 1. The lowest BCUT2D eigenvalue weighted by Gasteiger charge is -2.18. The van der Waals surface area contributed by atoms with Crippen LogP contribution < -0.4 is 15.8 Å². The summed E-state index contributed by atoms with van der Waals surface area (Å²) < 4.78 is 23.6.